The second kappa shape index (κ2) is 14.0. The molecule has 1 atom stereocenters. The Morgan fingerprint density at radius 2 is 1.47 bits per heavy atom. The molecular formula is C34H36BrN3O4S. The van der Waals surface area contributed by atoms with Gasteiger partial charge in [-0.1, -0.05) is 88.2 Å². The third kappa shape index (κ3) is 7.72. The lowest BCUT2D eigenvalue weighted by molar-refractivity contribution is -0.139. The van der Waals surface area contributed by atoms with Crippen LogP contribution in [-0.2, 0) is 32.6 Å². The van der Waals surface area contributed by atoms with Gasteiger partial charge in [0.05, 0.1) is 10.6 Å². The van der Waals surface area contributed by atoms with E-state index in [2.05, 4.69) is 21.2 Å². The summed E-state index contributed by atoms with van der Waals surface area (Å²) in [5.41, 5.74) is 4.66. The number of aryl methyl sites for hydroxylation is 2. The molecule has 43 heavy (non-hydrogen) atoms. The first-order valence-electron chi connectivity index (χ1n) is 14.0. The van der Waals surface area contributed by atoms with Gasteiger partial charge in [-0.25, -0.2) is 8.42 Å². The van der Waals surface area contributed by atoms with Crippen molar-refractivity contribution in [2.45, 2.75) is 44.7 Å². The molecule has 7 nitrogen and oxygen atoms in total. The van der Waals surface area contributed by atoms with E-state index in [0.29, 0.717) is 5.69 Å². The Balaban J connectivity index is 1.81. The number of hydrogen-bond donors (Lipinski definition) is 1. The van der Waals surface area contributed by atoms with E-state index in [1.165, 1.54) is 16.3 Å². The van der Waals surface area contributed by atoms with Crippen LogP contribution in [-0.4, -0.2) is 44.8 Å². The molecule has 0 saturated carbocycles. The van der Waals surface area contributed by atoms with Gasteiger partial charge < -0.3 is 10.2 Å². The molecule has 224 valence electrons. The first-order chi connectivity index (χ1) is 20.5. The third-order valence-corrected chi connectivity index (χ3v) is 9.82. The normalized spacial score (nSPS) is 11.9. The van der Waals surface area contributed by atoms with Gasteiger partial charge in [-0.15, -0.1) is 0 Å². The zero-order chi connectivity index (χ0) is 31.1. The molecule has 0 heterocycles. The van der Waals surface area contributed by atoms with Crippen molar-refractivity contribution in [1.29, 1.82) is 0 Å². The summed E-state index contributed by atoms with van der Waals surface area (Å²) in [6.07, 6.45) is 0.261. The average Bonchev–Trinajstić information content (AvgIpc) is 3.00. The predicted octanol–water partition coefficient (Wildman–Crippen LogP) is 5.96. The van der Waals surface area contributed by atoms with Crippen LogP contribution in [0.5, 0.6) is 0 Å². The number of carbonyl (C=O) groups excluding carboxylic acids is 2. The number of nitrogens with one attached hydrogen (secondary N) is 1. The lowest BCUT2D eigenvalue weighted by atomic mass is 10.0. The quantitative estimate of drug-likeness (QED) is 0.215. The van der Waals surface area contributed by atoms with Gasteiger partial charge in [-0.3, -0.25) is 13.9 Å². The third-order valence-electron chi connectivity index (χ3n) is 7.52. The molecule has 0 bridgehead atoms. The lowest BCUT2D eigenvalue weighted by Gasteiger charge is -2.34. The fourth-order valence-electron chi connectivity index (χ4n) is 4.86. The standard InChI is InChI=1S/C34H36BrN3O4S/c1-24-13-19-30(20-14-24)43(41,42)38(31-12-8-9-25(2)26(31)3)23-33(39)37(22-28-15-17-29(35)18-16-28)32(34(40)36-4)21-27-10-6-5-7-11-27/h5-20,32H,21-23H2,1-4H3,(H,36,40)/t32-/m1/s1. The minimum absolute atomic E-state index is 0.0819. The molecule has 2 amide bonds. The van der Waals surface area contributed by atoms with Crippen molar-refractivity contribution in [1.82, 2.24) is 10.2 Å². The number of rotatable bonds is 11. The number of halogens is 1. The summed E-state index contributed by atoms with van der Waals surface area (Å²) in [7, 11) is -2.61. The highest BCUT2D eigenvalue weighted by atomic mass is 79.9. The zero-order valence-corrected chi connectivity index (χ0v) is 27.2. The number of likely N-dealkylation sites (N-methyl/N-ethyl adjacent to an activating group) is 1. The highest BCUT2D eigenvalue weighted by molar-refractivity contribution is 9.10. The van der Waals surface area contributed by atoms with Crippen LogP contribution in [0.2, 0.25) is 0 Å². The van der Waals surface area contributed by atoms with Crippen LogP contribution in [0.25, 0.3) is 0 Å². The van der Waals surface area contributed by atoms with E-state index in [9.17, 15) is 18.0 Å². The van der Waals surface area contributed by atoms with Crippen LogP contribution >= 0.6 is 15.9 Å². The van der Waals surface area contributed by atoms with Crippen LogP contribution in [0.4, 0.5) is 5.69 Å². The fraction of sp³-hybridized carbons (Fsp3) is 0.235. The van der Waals surface area contributed by atoms with Gasteiger partial charge in [0.25, 0.3) is 10.0 Å². The minimum Gasteiger partial charge on any atom is -0.357 e. The minimum atomic E-state index is -4.15. The molecule has 0 radical (unpaired) electrons. The van der Waals surface area contributed by atoms with Gasteiger partial charge in [0, 0.05) is 24.5 Å². The largest absolute Gasteiger partial charge is 0.357 e. The maximum Gasteiger partial charge on any atom is 0.264 e. The Morgan fingerprint density at radius 1 is 0.814 bits per heavy atom. The van der Waals surface area contributed by atoms with E-state index in [-0.39, 0.29) is 23.8 Å². The highest BCUT2D eigenvalue weighted by Crippen LogP contribution is 2.29. The van der Waals surface area contributed by atoms with Gasteiger partial charge in [-0.05, 0) is 73.4 Å². The van der Waals surface area contributed by atoms with Crippen molar-refractivity contribution >= 4 is 43.5 Å². The zero-order valence-electron chi connectivity index (χ0n) is 24.7. The highest BCUT2D eigenvalue weighted by Gasteiger charge is 2.34. The molecule has 1 N–H and O–H groups in total. The second-order valence-electron chi connectivity index (χ2n) is 10.5. The summed E-state index contributed by atoms with van der Waals surface area (Å²) in [4.78, 5) is 29.3. The second-order valence-corrected chi connectivity index (χ2v) is 13.3. The topological polar surface area (TPSA) is 86.8 Å². The summed E-state index contributed by atoms with van der Waals surface area (Å²) in [5, 5.41) is 2.71. The number of benzene rings is 4. The average molecular weight is 663 g/mol. The summed E-state index contributed by atoms with van der Waals surface area (Å²) in [6.45, 7) is 5.25. The van der Waals surface area contributed by atoms with Crippen molar-refractivity contribution in [3.63, 3.8) is 0 Å². The molecule has 4 aromatic rings. The molecule has 0 spiro atoms. The maximum absolute atomic E-state index is 14.4. The molecule has 0 aromatic heterocycles. The number of sulfonamides is 1. The SMILES string of the molecule is CNC(=O)[C@@H](Cc1ccccc1)N(Cc1ccc(Br)cc1)C(=O)CN(c1cccc(C)c1C)S(=O)(=O)c1ccc(C)cc1. The first-order valence-corrected chi connectivity index (χ1v) is 16.2. The Labute approximate surface area is 262 Å². The van der Waals surface area contributed by atoms with Crippen molar-refractivity contribution < 1.29 is 18.0 Å². The fourth-order valence-corrected chi connectivity index (χ4v) is 6.60. The molecule has 4 aromatic carbocycles. The number of amides is 2. The van der Waals surface area contributed by atoms with Crippen LogP contribution in [0.1, 0.15) is 27.8 Å². The number of anilines is 1. The van der Waals surface area contributed by atoms with Crippen molar-refractivity contribution in [3.8, 4) is 0 Å². The molecule has 0 unspecified atom stereocenters. The summed E-state index contributed by atoms with van der Waals surface area (Å²) in [5.74, 6) is -0.835. The predicted molar refractivity (Wildman–Crippen MR) is 174 cm³/mol. The lowest BCUT2D eigenvalue weighted by Crippen LogP contribution is -2.53. The summed E-state index contributed by atoms with van der Waals surface area (Å²) >= 11 is 3.45. The van der Waals surface area contributed by atoms with Gasteiger partial charge in [0.2, 0.25) is 11.8 Å². The molecule has 9 heteroatoms. The van der Waals surface area contributed by atoms with E-state index in [1.807, 2.05) is 81.4 Å². The number of nitrogens with zero attached hydrogens (tertiary/aromatic N) is 2. The monoisotopic (exact) mass is 661 g/mol. The van der Waals surface area contributed by atoms with Crippen LogP contribution < -0.4 is 9.62 Å². The smallest absolute Gasteiger partial charge is 0.264 e. The van der Waals surface area contributed by atoms with Gasteiger partial charge in [0.15, 0.2) is 0 Å². The van der Waals surface area contributed by atoms with Crippen LogP contribution in [0.15, 0.2) is 106 Å². The van der Waals surface area contributed by atoms with Gasteiger partial charge >= 0.3 is 0 Å². The molecule has 0 aliphatic carbocycles. The summed E-state index contributed by atoms with van der Waals surface area (Å²) < 4.78 is 30.4. The van der Waals surface area contributed by atoms with Crippen LogP contribution in [0.3, 0.4) is 0 Å². The van der Waals surface area contributed by atoms with E-state index < -0.39 is 28.5 Å². The van der Waals surface area contributed by atoms with E-state index in [4.69, 9.17) is 0 Å². The summed E-state index contributed by atoms with van der Waals surface area (Å²) in [6, 6.07) is 28.0. The van der Waals surface area contributed by atoms with E-state index in [0.717, 1.165) is 32.3 Å². The van der Waals surface area contributed by atoms with E-state index >= 15 is 0 Å². The van der Waals surface area contributed by atoms with Gasteiger partial charge in [-0.2, -0.15) is 0 Å². The molecular weight excluding hydrogens is 626 g/mol. The van der Waals surface area contributed by atoms with Crippen molar-refractivity contribution in [2.75, 3.05) is 17.9 Å². The number of carbonyl (C=O) groups is 2. The van der Waals surface area contributed by atoms with Crippen LogP contribution in [0, 0.1) is 20.8 Å². The Bertz CT molecular complexity index is 1680. The molecule has 4 rings (SSSR count). The molecule has 0 fully saturated rings. The Hall–Kier alpha value is -3.95. The van der Waals surface area contributed by atoms with E-state index in [1.54, 1.807) is 36.4 Å². The maximum atomic E-state index is 14.4. The van der Waals surface area contributed by atoms with Crippen molar-refractivity contribution in [3.05, 3.63) is 129 Å². The first kappa shape index (κ1) is 32.0. The Kier molecular flexibility index (Phi) is 10.4. The van der Waals surface area contributed by atoms with Crippen molar-refractivity contribution in [2.24, 2.45) is 0 Å². The Morgan fingerprint density at radius 3 is 2.09 bits per heavy atom. The van der Waals surface area contributed by atoms with Gasteiger partial charge in [0.1, 0.15) is 12.6 Å². The number of hydrogen-bond acceptors (Lipinski definition) is 4. The molecule has 0 saturated heterocycles. The molecule has 0 aliphatic heterocycles. The molecule has 0 aliphatic rings.